The molecule has 8 heteroatoms. The van der Waals surface area contributed by atoms with Crippen molar-refractivity contribution in [1.82, 2.24) is 20.4 Å². The van der Waals surface area contributed by atoms with Crippen LogP contribution in [0.1, 0.15) is 23.3 Å². The zero-order chi connectivity index (χ0) is 15.6. The van der Waals surface area contributed by atoms with Gasteiger partial charge in [-0.2, -0.15) is 5.10 Å². The number of ether oxygens (including phenoxy) is 1. The Morgan fingerprint density at radius 1 is 1.55 bits per heavy atom. The van der Waals surface area contributed by atoms with E-state index in [2.05, 4.69) is 20.4 Å². The van der Waals surface area contributed by atoms with Crippen LogP contribution in [-0.4, -0.2) is 81.8 Å². The van der Waals surface area contributed by atoms with Crippen molar-refractivity contribution in [1.29, 1.82) is 0 Å². The molecule has 0 aliphatic carbocycles. The van der Waals surface area contributed by atoms with Crippen molar-refractivity contribution in [3.05, 3.63) is 18.0 Å². The Morgan fingerprint density at radius 3 is 3.00 bits per heavy atom. The van der Waals surface area contributed by atoms with Crippen molar-refractivity contribution in [3.63, 3.8) is 0 Å². The molecule has 0 unspecified atom stereocenters. The number of amides is 1. The van der Waals surface area contributed by atoms with Crippen LogP contribution in [0.2, 0.25) is 0 Å². The summed E-state index contributed by atoms with van der Waals surface area (Å²) in [4.78, 5) is 14.0. The minimum Gasteiger partial charge on any atom is -0.389 e. The summed E-state index contributed by atoms with van der Waals surface area (Å²) in [6, 6.07) is 1.87. The lowest BCUT2D eigenvalue weighted by Gasteiger charge is -2.32. The monoisotopic (exact) mass is 310 g/mol. The molecule has 2 aliphatic rings. The minimum atomic E-state index is -1.33. The molecule has 2 aliphatic heterocycles. The highest BCUT2D eigenvalue weighted by atomic mass is 16.5. The van der Waals surface area contributed by atoms with Gasteiger partial charge in [0.2, 0.25) is 0 Å². The Labute approximate surface area is 128 Å². The van der Waals surface area contributed by atoms with Crippen LogP contribution in [0, 0.1) is 0 Å². The summed E-state index contributed by atoms with van der Waals surface area (Å²) >= 11 is 0. The third kappa shape index (κ3) is 3.14. The van der Waals surface area contributed by atoms with Gasteiger partial charge in [-0.1, -0.05) is 0 Å². The summed E-state index contributed by atoms with van der Waals surface area (Å²) in [5, 5.41) is 29.8. The molecule has 4 N–H and O–H groups in total. The largest absolute Gasteiger partial charge is 0.389 e. The summed E-state index contributed by atoms with van der Waals surface area (Å²) in [6.07, 6.45) is 2.42. The molecule has 3 heterocycles. The number of aliphatic hydroxyl groups excluding tert-OH is 1. The predicted octanol–water partition coefficient (Wildman–Crippen LogP) is -1.27. The van der Waals surface area contributed by atoms with Crippen molar-refractivity contribution >= 4 is 5.91 Å². The van der Waals surface area contributed by atoms with E-state index >= 15 is 0 Å². The van der Waals surface area contributed by atoms with E-state index < -0.39 is 11.7 Å². The lowest BCUT2D eigenvalue weighted by molar-refractivity contribution is -0.0389. The van der Waals surface area contributed by atoms with Crippen LogP contribution >= 0.6 is 0 Å². The summed E-state index contributed by atoms with van der Waals surface area (Å²) in [5.74, 6) is -0.345. The molecule has 1 amide bonds. The number of aromatic amines is 1. The number of nitrogens with zero attached hydrogens (tertiary/aromatic N) is 2. The van der Waals surface area contributed by atoms with Gasteiger partial charge in [0, 0.05) is 38.5 Å². The first-order valence-electron chi connectivity index (χ1n) is 7.58. The molecule has 1 aromatic rings. The number of rotatable bonds is 4. The number of hydrogen-bond donors (Lipinski definition) is 4. The molecule has 22 heavy (non-hydrogen) atoms. The van der Waals surface area contributed by atoms with E-state index in [1.54, 1.807) is 6.07 Å². The number of carbonyl (C=O) groups is 1. The summed E-state index contributed by atoms with van der Waals surface area (Å²) in [5.41, 5.74) is -0.995. The van der Waals surface area contributed by atoms with E-state index in [0.717, 1.165) is 12.8 Å². The van der Waals surface area contributed by atoms with E-state index in [1.807, 2.05) is 0 Å². The van der Waals surface area contributed by atoms with Gasteiger partial charge < -0.3 is 20.3 Å². The van der Waals surface area contributed by atoms with Crippen LogP contribution in [0.4, 0.5) is 0 Å². The SMILES string of the molecule is O=C(NC[C@]1(O)CN(C2CCOCC2)C[C@H]1O)c1ccn[nH]1. The molecule has 2 atom stereocenters. The predicted molar refractivity (Wildman–Crippen MR) is 77.3 cm³/mol. The van der Waals surface area contributed by atoms with E-state index in [4.69, 9.17) is 4.74 Å². The molecule has 3 rings (SSSR count). The standard InChI is InChI=1S/C14H22N4O4/c19-12-7-18(10-2-5-22-6-3-10)9-14(12,21)8-15-13(20)11-1-4-16-17-11/h1,4,10,12,19,21H,2-3,5-9H2,(H,15,20)(H,16,17)/t12-,14+/m1/s1. The van der Waals surface area contributed by atoms with Gasteiger partial charge in [0.1, 0.15) is 11.3 Å². The Kier molecular flexibility index (Phi) is 4.44. The lowest BCUT2D eigenvalue weighted by Crippen LogP contribution is -2.51. The van der Waals surface area contributed by atoms with Gasteiger partial charge in [0.25, 0.3) is 5.91 Å². The number of nitrogens with one attached hydrogen (secondary N) is 2. The maximum atomic E-state index is 11.9. The molecule has 0 radical (unpaired) electrons. The Hall–Kier alpha value is -1.48. The molecule has 122 valence electrons. The molecular weight excluding hydrogens is 288 g/mol. The van der Waals surface area contributed by atoms with E-state index in [-0.39, 0.29) is 12.5 Å². The van der Waals surface area contributed by atoms with Gasteiger partial charge >= 0.3 is 0 Å². The Bertz CT molecular complexity index is 503. The van der Waals surface area contributed by atoms with Crippen LogP contribution in [0.25, 0.3) is 0 Å². The van der Waals surface area contributed by atoms with Crippen LogP contribution in [-0.2, 0) is 4.74 Å². The first kappa shape index (κ1) is 15.4. The maximum absolute atomic E-state index is 11.9. The molecule has 8 nitrogen and oxygen atoms in total. The molecule has 0 saturated carbocycles. The van der Waals surface area contributed by atoms with Crippen molar-refractivity contribution in [3.8, 4) is 0 Å². The van der Waals surface area contributed by atoms with Crippen molar-refractivity contribution < 1.29 is 19.7 Å². The van der Waals surface area contributed by atoms with Gasteiger partial charge in [0.05, 0.1) is 12.6 Å². The van der Waals surface area contributed by atoms with Gasteiger partial charge in [-0.3, -0.25) is 14.8 Å². The molecule has 0 spiro atoms. The average Bonchev–Trinajstić information content (AvgIpc) is 3.16. The van der Waals surface area contributed by atoms with Gasteiger partial charge in [-0.05, 0) is 18.9 Å². The number of carbonyl (C=O) groups excluding carboxylic acids is 1. The van der Waals surface area contributed by atoms with Crippen LogP contribution in [0.5, 0.6) is 0 Å². The Morgan fingerprint density at radius 2 is 2.32 bits per heavy atom. The zero-order valence-electron chi connectivity index (χ0n) is 12.4. The number of hydrogen-bond acceptors (Lipinski definition) is 6. The number of H-pyrrole nitrogens is 1. The molecule has 1 aromatic heterocycles. The second kappa shape index (κ2) is 6.33. The molecule has 0 aromatic carbocycles. The number of β-amino-alcohol motifs (C(OH)–C–C–N with tert-alkyl or cyclic N) is 2. The van der Waals surface area contributed by atoms with E-state index in [0.29, 0.717) is 38.0 Å². The molecule has 0 bridgehead atoms. The number of aliphatic hydroxyl groups is 2. The van der Waals surface area contributed by atoms with Crippen LogP contribution < -0.4 is 5.32 Å². The van der Waals surface area contributed by atoms with Gasteiger partial charge in [0.15, 0.2) is 0 Å². The van der Waals surface area contributed by atoms with Crippen LogP contribution in [0.15, 0.2) is 12.3 Å². The normalized spacial score (nSPS) is 30.5. The minimum absolute atomic E-state index is 0.00569. The summed E-state index contributed by atoms with van der Waals surface area (Å²) in [7, 11) is 0. The fourth-order valence-corrected chi connectivity index (χ4v) is 3.13. The fourth-order valence-electron chi connectivity index (χ4n) is 3.13. The van der Waals surface area contributed by atoms with Crippen LogP contribution in [0.3, 0.4) is 0 Å². The number of aromatic nitrogens is 2. The highest BCUT2D eigenvalue weighted by Gasteiger charge is 2.46. The Balaban J connectivity index is 1.56. The van der Waals surface area contributed by atoms with E-state index in [9.17, 15) is 15.0 Å². The highest BCUT2D eigenvalue weighted by molar-refractivity contribution is 5.92. The second-order valence-electron chi connectivity index (χ2n) is 6.05. The average molecular weight is 310 g/mol. The molecule has 2 fully saturated rings. The zero-order valence-corrected chi connectivity index (χ0v) is 12.4. The molecular formula is C14H22N4O4. The summed E-state index contributed by atoms with van der Waals surface area (Å²) in [6.45, 7) is 2.20. The van der Waals surface area contributed by atoms with Crippen molar-refractivity contribution in [2.24, 2.45) is 0 Å². The van der Waals surface area contributed by atoms with Crippen molar-refractivity contribution in [2.75, 3.05) is 32.8 Å². The first-order valence-corrected chi connectivity index (χ1v) is 7.58. The third-order valence-electron chi connectivity index (χ3n) is 4.51. The fraction of sp³-hybridized carbons (Fsp3) is 0.714. The molecule has 2 saturated heterocycles. The van der Waals surface area contributed by atoms with Gasteiger partial charge in [-0.15, -0.1) is 0 Å². The van der Waals surface area contributed by atoms with Gasteiger partial charge in [-0.25, -0.2) is 0 Å². The number of likely N-dealkylation sites (tertiary alicyclic amines) is 1. The lowest BCUT2D eigenvalue weighted by atomic mass is 10.0. The quantitative estimate of drug-likeness (QED) is 0.552. The van der Waals surface area contributed by atoms with E-state index in [1.165, 1.54) is 6.20 Å². The smallest absolute Gasteiger partial charge is 0.269 e. The first-order chi connectivity index (χ1) is 10.6. The second-order valence-corrected chi connectivity index (χ2v) is 6.05. The third-order valence-corrected chi connectivity index (χ3v) is 4.51. The highest BCUT2D eigenvalue weighted by Crippen LogP contribution is 2.26. The summed E-state index contributed by atoms with van der Waals surface area (Å²) < 4.78 is 5.34. The maximum Gasteiger partial charge on any atom is 0.269 e. The topological polar surface area (TPSA) is 111 Å². The van der Waals surface area contributed by atoms with Crippen molar-refractivity contribution in [2.45, 2.75) is 30.6 Å².